The molecule has 0 aromatic heterocycles. The first-order chi connectivity index (χ1) is 8.42. The fourth-order valence-corrected chi connectivity index (χ4v) is 4.38. The second-order valence-corrected chi connectivity index (χ2v) is 6.95. The Bertz CT molecular complexity index is 484. The van der Waals surface area contributed by atoms with Crippen molar-refractivity contribution in [2.75, 3.05) is 0 Å². The van der Waals surface area contributed by atoms with Crippen molar-refractivity contribution in [1.82, 2.24) is 4.72 Å². The van der Waals surface area contributed by atoms with Crippen molar-refractivity contribution in [3.8, 4) is 0 Å². The first-order valence-corrected chi connectivity index (χ1v) is 8.46. The van der Waals surface area contributed by atoms with E-state index in [1.54, 1.807) is 24.3 Å². The summed E-state index contributed by atoms with van der Waals surface area (Å²) < 4.78 is 27.9. The zero-order valence-corrected chi connectivity index (χ0v) is 13.4. The van der Waals surface area contributed by atoms with E-state index in [9.17, 15) is 8.42 Å². The topological polar surface area (TPSA) is 46.2 Å². The van der Waals surface area contributed by atoms with Crippen LogP contribution in [0.5, 0.6) is 0 Å². The minimum Gasteiger partial charge on any atom is -0.208 e. The maximum Gasteiger partial charge on any atom is 0.241 e. The molecule has 0 heterocycles. The zero-order chi connectivity index (χ0) is 13.8. The molecule has 0 spiro atoms. The lowest BCUT2D eigenvalue weighted by Crippen LogP contribution is -2.37. The Labute approximate surface area is 118 Å². The highest BCUT2D eigenvalue weighted by atomic mass is 79.9. The largest absolute Gasteiger partial charge is 0.241 e. The van der Waals surface area contributed by atoms with Crippen molar-refractivity contribution < 1.29 is 8.42 Å². The minimum atomic E-state index is -3.45. The number of halogens is 1. The molecule has 1 N–H and O–H groups in total. The Morgan fingerprint density at radius 3 is 2.28 bits per heavy atom. The molecule has 0 aliphatic heterocycles. The van der Waals surface area contributed by atoms with Gasteiger partial charge in [-0.25, -0.2) is 13.1 Å². The van der Waals surface area contributed by atoms with Crippen LogP contribution in [0.3, 0.4) is 0 Å². The van der Waals surface area contributed by atoms with Crippen LogP contribution in [0, 0.1) is 5.92 Å². The Morgan fingerprint density at radius 2 is 1.78 bits per heavy atom. The third-order valence-electron chi connectivity index (χ3n) is 3.22. The molecule has 1 aromatic carbocycles. The van der Waals surface area contributed by atoms with Gasteiger partial charge in [0.2, 0.25) is 10.0 Å². The Morgan fingerprint density at radius 1 is 1.22 bits per heavy atom. The van der Waals surface area contributed by atoms with E-state index in [2.05, 4.69) is 34.5 Å². The van der Waals surface area contributed by atoms with Crippen molar-refractivity contribution >= 4 is 26.0 Å². The van der Waals surface area contributed by atoms with Crippen molar-refractivity contribution in [3.05, 3.63) is 28.7 Å². The van der Waals surface area contributed by atoms with Crippen LogP contribution < -0.4 is 4.72 Å². The quantitative estimate of drug-likeness (QED) is 0.865. The van der Waals surface area contributed by atoms with Gasteiger partial charge in [0, 0.05) is 10.5 Å². The monoisotopic (exact) mass is 333 g/mol. The number of benzene rings is 1. The summed E-state index contributed by atoms with van der Waals surface area (Å²) in [4.78, 5) is 0.294. The smallest absolute Gasteiger partial charge is 0.208 e. The van der Waals surface area contributed by atoms with E-state index in [-0.39, 0.29) is 6.04 Å². The molecule has 0 bridgehead atoms. The summed E-state index contributed by atoms with van der Waals surface area (Å²) in [5.74, 6) is 0.363. The summed E-state index contributed by atoms with van der Waals surface area (Å²) >= 11 is 3.27. The second kappa shape index (κ2) is 6.68. The van der Waals surface area contributed by atoms with Gasteiger partial charge < -0.3 is 0 Å². The van der Waals surface area contributed by atoms with Gasteiger partial charge in [-0.15, -0.1) is 0 Å². The normalized spacial score (nSPS) is 13.8. The van der Waals surface area contributed by atoms with Gasteiger partial charge in [0.15, 0.2) is 0 Å². The fourth-order valence-electron chi connectivity index (χ4n) is 2.06. The lowest BCUT2D eigenvalue weighted by Gasteiger charge is -2.22. The lowest BCUT2D eigenvalue weighted by atomic mass is 9.96. The van der Waals surface area contributed by atoms with Gasteiger partial charge in [-0.2, -0.15) is 0 Å². The van der Waals surface area contributed by atoms with E-state index in [1.165, 1.54) is 0 Å². The van der Waals surface area contributed by atoms with Crippen LogP contribution in [-0.4, -0.2) is 14.5 Å². The highest BCUT2D eigenvalue weighted by molar-refractivity contribution is 9.10. The first kappa shape index (κ1) is 15.7. The summed E-state index contributed by atoms with van der Waals surface area (Å²) in [6, 6.07) is 6.80. The van der Waals surface area contributed by atoms with Crippen LogP contribution in [0.1, 0.15) is 33.6 Å². The summed E-state index contributed by atoms with van der Waals surface area (Å²) in [6.07, 6.45) is 1.94. The average Bonchev–Trinajstić information content (AvgIpc) is 2.30. The molecule has 0 aliphatic carbocycles. The standard InChI is InChI=1S/C13H20BrNO2S/c1-4-11(5-2)10(3)15-18(16,17)13-9-7-6-8-12(13)14/h6-11,15H,4-5H2,1-3H3. The molecular weight excluding hydrogens is 314 g/mol. The molecule has 0 saturated carbocycles. The third-order valence-corrected chi connectivity index (χ3v) is 5.79. The van der Waals surface area contributed by atoms with Crippen LogP contribution in [0.2, 0.25) is 0 Å². The molecule has 18 heavy (non-hydrogen) atoms. The van der Waals surface area contributed by atoms with Gasteiger partial charge in [-0.1, -0.05) is 38.8 Å². The number of sulfonamides is 1. The predicted octanol–water partition coefficient (Wildman–Crippen LogP) is 3.55. The molecule has 1 atom stereocenters. The summed E-state index contributed by atoms with van der Waals surface area (Å²) in [5, 5.41) is 0. The molecule has 1 unspecified atom stereocenters. The molecule has 1 aromatic rings. The molecule has 3 nitrogen and oxygen atoms in total. The van der Waals surface area contributed by atoms with Gasteiger partial charge in [0.1, 0.15) is 0 Å². The summed E-state index contributed by atoms with van der Waals surface area (Å²) in [6.45, 7) is 6.08. The van der Waals surface area contributed by atoms with Gasteiger partial charge in [0.05, 0.1) is 4.90 Å². The minimum absolute atomic E-state index is 0.0582. The maximum atomic E-state index is 12.3. The number of nitrogens with one attached hydrogen (secondary N) is 1. The molecule has 0 aliphatic rings. The highest BCUT2D eigenvalue weighted by Gasteiger charge is 2.23. The molecule has 0 amide bonds. The fraction of sp³-hybridized carbons (Fsp3) is 0.538. The number of rotatable bonds is 6. The molecule has 5 heteroatoms. The molecular formula is C13H20BrNO2S. The van der Waals surface area contributed by atoms with E-state index < -0.39 is 10.0 Å². The second-order valence-electron chi connectivity index (χ2n) is 4.42. The Hall–Kier alpha value is -0.390. The van der Waals surface area contributed by atoms with E-state index >= 15 is 0 Å². The molecule has 0 fully saturated rings. The van der Waals surface area contributed by atoms with E-state index in [4.69, 9.17) is 0 Å². The molecule has 102 valence electrons. The van der Waals surface area contributed by atoms with Crippen molar-refractivity contribution in [2.45, 2.75) is 44.6 Å². The van der Waals surface area contributed by atoms with Gasteiger partial charge in [-0.3, -0.25) is 0 Å². The van der Waals surface area contributed by atoms with E-state index in [1.807, 2.05) is 6.92 Å². The van der Waals surface area contributed by atoms with Crippen molar-refractivity contribution in [1.29, 1.82) is 0 Å². The van der Waals surface area contributed by atoms with Crippen LogP contribution >= 0.6 is 15.9 Å². The molecule has 0 radical (unpaired) electrons. The first-order valence-electron chi connectivity index (χ1n) is 6.19. The SMILES string of the molecule is CCC(CC)C(C)NS(=O)(=O)c1ccccc1Br. The van der Waals surface area contributed by atoms with Crippen LogP contribution in [-0.2, 0) is 10.0 Å². The lowest BCUT2D eigenvalue weighted by molar-refractivity contribution is 0.390. The van der Waals surface area contributed by atoms with Crippen LogP contribution in [0.25, 0.3) is 0 Å². The Kier molecular flexibility index (Phi) is 5.82. The van der Waals surface area contributed by atoms with Crippen molar-refractivity contribution in [2.24, 2.45) is 5.92 Å². The van der Waals surface area contributed by atoms with Crippen LogP contribution in [0.4, 0.5) is 0 Å². The number of hydrogen-bond donors (Lipinski definition) is 1. The predicted molar refractivity (Wildman–Crippen MR) is 78.0 cm³/mol. The maximum absolute atomic E-state index is 12.3. The Balaban J connectivity index is 2.93. The molecule has 1 rings (SSSR count). The van der Waals surface area contributed by atoms with Crippen LogP contribution in [0.15, 0.2) is 33.6 Å². The third kappa shape index (κ3) is 3.80. The summed E-state index contributed by atoms with van der Waals surface area (Å²) in [7, 11) is -3.45. The highest BCUT2D eigenvalue weighted by Crippen LogP contribution is 2.22. The summed E-state index contributed by atoms with van der Waals surface area (Å²) in [5.41, 5.74) is 0. The van der Waals surface area contributed by atoms with Gasteiger partial charge >= 0.3 is 0 Å². The molecule has 0 saturated heterocycles. The van der Waals surface area contributed by atoms with E-state index in [0.29, 0.717) is 15.3 Å². The van der Waals surface area contributed by atoms with Crippen molar-refractivity contribution in [3.63, 3.8) is 0 Å². The van der Waals surface area contributed by atoms with Gasteiger partial charge in [0.25, 0.3) is 0 Å². The van der Waals surface area contributed by atoms with Gasteiger partial charge in [-0.05, 0) is 40.9 Å². The van der Waals surface area contributed by atoms with E-state index in [0.717, 1.165) is 12.8 Å². The average molecular weight is 334 g/mol. The number of hydrogen-bond acceptors (Lipinski definition) is 2. The zero-order valence-electron chi connectivity index (χ0n) is 11.0.